The Morgan fingerprint density at radius 1 is 1.48 bits per heavy atom. The fourth-order valence-corrected chi connectivity index (χ4v) is 2.83. The molecule has 3 rings (SSSR count). The quantitative estimate of drug-likeness (QED) is 0.920. The first-order valence-electron chi connectivity index (χ1n) is 7.17. The minimum atomic E-state index is -0.248. The number of nitrogens with zero attached hydrogens (tertiary/aromatic N) is 2. The molecule has 0 bridgehead atoms. The third-order valence-electron chi connectivity index (χ3n) is 3.95. The van der Waals surface area contributed by atoms with E-state index < -0.39 is 0 Å². The fourth-order valence-electron chi connectivity index (χ4n) is 2.83. The lowest BCUT2D eigenvalue weighted by Gasteiger charge is -2.26. The summed E-state index contributed by atoms with van der Waals surface area (Å²) < 4.78 is 13.8. The van der Waals surface area contributed by atoms with E-state index in [-0.39, 0.29) is 17.8 Å². The third kappa shape index (κ3) is 3.03. The highest BCUT2D eigenvalue weighted by Crippen LogP contribution is 2.21. The van der Waals surface area contributed by atoms with Crippen molar-refractivity contribution in [3.8, 4) is 0 Å². The van der Waals surface area contributed by atoms with E-state index in [1.54, 1.807) is 12.3 Å². The molecule has 1 N–H and O–H groups in total. The van der Waals surface area contributed by atoms with Crippen LogP contribution < -0.4 is 5.32 Å². The summed E-state index contributed by atoms with van der Waals surface area (Å²) in [6.45, 7) is 4.02. The van der Waals surface area contributed by atoms with E-state index in [0.717, 1.165) is 23.0 Å². The Hall–Kier alpha value is -2.01. The van der Waals surface area contributed by atoms with Gasteiger partial charge in [-0.2, -0.15) is 0 Å². The topological polar surface area (TPSA) is 45.2 Å². The standard InChI is InChI=1S/C16H18FN3O/c1-11-7-15(21)18-5-6-20(11)10-13-9-14(17)8-12-3-2-4-19-16(12)13/h2-4,8-9,11H,5-7,10H2,1H3,(H,18,21). The van der Waals surface area contributed by atoms with Crippen LogP contribution >= 0.6 is 0 Å². The number of rotatable bonds is 2. The number of hydrogen-bond acceptors (Lipinski definition) is 3. The Morgan fingerprint density at radius 3 is 3.19 bits per heavy atom. The Labute approximate surface area is 123 Å². The number of fused-ring (bicyclic) bond motifs is 1. The van der Waals surface area contributed by atoms with Crippen molar-refractivity contribution in [3.05, 3.63) is 41.8 Å². The summed E-state index contributed by atoms with van der Waals surface area (Å²) in [5.41, 5.74) is 1.70. The maximum absolute atomic E-state index is 13.8. The summed E-state index contributed by atoms with van der Waals surface area (Å²) in [4.78, 5) is 18.1. The summed E-state index contributed by atoms with van der Waals surface area (Å²) in [5.74, 6) is -0.172. The maximum Gasteiger partial charge on any atom is 0.221 e. The molecule has 1 unspecified atom stereocenters. The Balaban J connectivity index is 1.92. The van der Waals surface area contributed by atoms with Gasteiger partial charge in [0.05, 0.1) is 5.52 Å². The second kappa shape index (κ2) is 5.77. The normalized spacial score (nSPS) is 20.3. The predicted octanol–water partition coefficient (Wildman–Crippen LogP) is 2.08. The van der Waals surface area contributed by atoms with E-state index in [2.05, 4.69) is 15.2 Å². The maximum atomic E-state index is 13.8. The van der Waals surface area contributed by atoms with Crippen molar-refractivity contribution in [1.82, 2.24) is 15.2 Å². The first-order chi connectivity index (χ1) is 10.1. The number of pyridine rings is 1. The fraction of sp³-hybridized carbons (Fsp3) is 0.375. The van der Waals surface area contributed by atoms with Gasteiger partial charge in [-0.25, -0.2) is 4.39 Å². The number of nitrogens with one attached hydrogen (secondary N) is 1. The number of benzene rings is 1. The minimum Gasteiger partial charge on any atom is -0.355 e. The highest BCUT2D eigenvalue weighted by molar-refractivity contribution is 5.81. The summed E-state index contributed by atoms with van der Waals surface area (Å²) >= 11 is 0. The molecule has 2 heterocycles. The first-order valence-corrected chi connectivity index (χ1v) is 7.17. The lowest BCUT2D eigenvalue weighted by molar-refractivity contribution is -0.121. The van der Waals surface area contributed by atoms with E-state index in [9.17, 15) is 9.18 Å². The van der Waals surface area contributed by atoms with Gasteiger partial charge in [-0.05, 0) is 30.7 Å². The Kier molecular flexibility index (Phi) is 3.84. The van der Waals surface area contributed by atoms with Gasteiger partial charge in [0.2, 0.25) is 5.91 Å². The van der Waals surface area contributed by atoms with Gasteiger partial charge in [0.1, 0.15) is 5.82 Å². The van der Waals surface area contributed by atoms with Crippen LogP contribution in [0.5, 0.6) is 0 Å². The molecule has 1 aliphatic heterocycles. The smallest absolute Gasteiger partial charge is 0.221 e. The molecule has 0 saturated carbocycles. The highest BCUT2D eigenvalue weighted by Gasteiger charge is 2.22. The molecule has 1 saturated heterocycles. The SMILES string of the molecule is CC1CC(=O)NCCN1Cc1cc(F)cc2cccnc12. The van der Waals surface area contributed by atoms with Crippen LogP contribution in [0.4, 0.5) is 4.39 Å². The molecule has 21 heavy (non-hydrogen) atoms. The lowest BCUT2D eigenvalue weighted by Crippen LogP contribution is -2.33. The van der Waals surface area contributed by atoms with Gasteiger partial charge < -0.3 is 5.32 Å². The third-order valence-corrected chi connectivity index (χ3v) is 3.95. The van der Waals surface area contributed by atoms with E-state index in [4.69, 9.17) is 0 Å². The van der Waals surface area contributed by atoms with Crippen LogP contribution in [-0.4, -0.2) is 34.9 Å². The number of aromatic nitrogens is 1. The summed E-state index contributed by atoms with van der Waals surface area (Å²) in [6.07, 6.45) is 2.20. The van der Waals surface area contributed by atoms with Crippen molar-refractivity contribution < 1.29 is 9.18 Å². The number of carbonyl (C=O) groups is 1. The first kappa shape index (κ1) is 13.9. The Bertz CT molecular complexity index is 674. The van der Waals surface area contributed by atoms with Crippen molar-refractivity contribution in [1.29, 1.82) is 0 Å². The molecule has 1 atom stereocenters. The van der Waals surface area contributed by atoms with Crippen LogP contribution in [0.2, 0.25) is 0 Å². The molecule has 0 spiro atoms. The van der Waals surface area contributed by atoms with Gasteiger partial charge in [0, 0.05) is 43.7 Å². The van der Waals surface area contributed by atoms with E-state index >= 15 is 0 Å². The number of carbonyl (C=O) groups excluding carboxylic acids is 1. The highest BCUT2D eigenvalue weighted by atomic mass is 19.1. The van der Waals surface area contributed by atoms with Crippen LogP contribution in [0.15, 0.2) is 30.5 Å². The van der Waals surface area contributed by atoms with Crippen LogP contribution in [0, 0.1) is 5.82 Å². The van der Waals surface area contributed by atoms with Gasteiger partial charge >= 0.3 is 0 Å². The van der Waals surface area contributed by atoms with Crippen LogP contribution in [-0.2, 0) is 11.3 Å². The summed E-state index contributed by atoms with van der Waals surface area (Å²) in [5, 5.41) is 3.68. The lowest BCUT2D eigenvalue weighted by atomic mass is 10.1. The average Bonchev–Trinajstić information content (AvgIpc) is 2.60. The molecule has 1 aliphatic rings. The zero-order chi connectivity index (χ0) is 14.8. The van der Waals surface area contributed by atoms with Crippen molar-refractivity contribution in [2.24, 2.45) is 0 Å². The molecule has 1 fully saturated rings. The monoisotopic (exact) mass is 287 g/mol. The van der Waals surface area contributed by atoms with Crippen molar-refractivity contribution in [2.45, 2.75) is 25.9 Å². The summed E-state index contributed by atoms with van der Waals surface area (Å²) in [6, 6.07) is 6.86. The molecule has 2 aromatic rings. The summed E-state index contributed by atoms with van der Waals surface area (Å²) in [7, 11) is 0. The molecule has 0 aliphatic carbocycles. The predicted molar refractivity (Wildman–Crippen MR) is 79.2 cm³/mol. The van der Waals surface area contributed by atoms with Crippen molar-refractivity contribution >= 4 is 16.8 Å². The molecule has 1 amide bonds. The van der Waals surface area contributed by atoms with Crippen molar-refractivity contribution in [2.75, 3.05) is 13.1 Å². The Morgan fingerprint density at radius 2 is 2.33 bits per heavy atom. The van der Waals surface area contributed by atoms with Crippen molar-refractivity contribution in [3.63, 3.8) is 0 Å². The second-order valence-corrected chi connectivity index (χ2v) is 5.51. The molecule has 4 nitrogen and oxygen atoms in total. The zero-order valence-electron chi connectivity index (χ0n) is 12.0. The largest absolute Gasteiger partial charge is 0.355 e. The minimum absolute atomic E-state index is 0.0761. The molecule has 1 aromatic carbocycles. The van der Waals surface area contributed by atoms with Crippen LogP contribution in [0.1, 0.15) is 18.9 Å². The number of hydrogen-bond donors (Lipinski definition) is 1. The van der Waals surface area contributed by atoms with E-state index in [0.29, 0.717) is 19.5 Å². The van der Waals surface area contributed by atoms with Gasteiger partial charge in [0.15, 0.2) is 0 Å². The zero-order valence-corrected chi connectivity index (χ0v) is 12.0. The molecule has 1 aromatic heterocycles. The number of amides is 1. The molecular weight excluding hydrogens is 269 g/mol. The van der Waals surface area contributed by atoms with Gasteiger partial charge in [-0.15, -0.1) is 0 Å². The van der Waals surface area contributed by atoms with E-state index in [1.807, 2.05) is 19.1 Å². The average molecular weight is 287 g/mol. The van der Waals surface area contributed by atoms with Gasteiger partial charge in [-0.1, -0.05) is 6.07 Å². The number of halogens is 1. The molecule has 5 heteroatoms. The van der Waals surface area contributed by atoms with E-state index in [1.165, 1.54) is 6.07 Å². The molecular formula is C16H18FN3O. The molecule has 110 valence electrons. The molecule has 0 radical (unpaired) electrons. The van der Waals surface area contributed by atoms with Gasteiger partial charge in [-0.3, -0.25) is 14.7 Å². The van der Waals surface area contributed by atoms with Crippen LogP contribution in [0.3, 0.4) is 0 Å². The van der Waals surface area contributed by atoms with Gasteiger partial charge in [0.25, 0.3) is 0 Å². The second-order valence-electron chi connectivity index (χ2n) is 5.51. The van der Waals surface area contributed by atoms with Crippen LogP contribution in [0.25, 0.3) is 10.9 Å².